The molecule has 10 atom stereocenters. The number of unbranched alkanes of at least 4 members (excludes halogenated alkanes) is 2. The number of aromatic nitrogens is 2. The summed E-state index contributed by atoms with van der Waals surface area (Å²) in [5.41, 5.74) is 15.1. The van der Waals surface area contributed by atoms with Gasteiger partial charge in [-0.2, -0.15) is 13.6 Å². The number of phosphoric acid groups is 3. The van der Waals surface area contributed by atoms with Gasteiger partial charge in [-0.25, -0.2) is 18.5 Å². The molecule has 31 nitrogen and oxygen atoms in total. The van der Waals surface area contributed by atoms with Crippen LogP contribution in [0.4, 0.5) is 5.82 Å². The number of nitrogens with zero attached hydrogens (tertiary/aromatic N) is 4. The minimum atomic E-state index is -5.82. The second-order valence-electron chi connectivity index (χ2n) is 25.7. The van der Waals surface area contributed by atoms with Gasteiger partial charge in [0.15, 0.2) is 5.78 Å². The van der Waals surface area contributed by atoms with Gasteiger partial charge in [0.05, 0.1) is 42.4 Å². The van der Waals surface area contributed by atoms with Crippen molar-refractivity contribution in [2.24, 2.45) is 16.8 Å². The summed E-state index contributed by atoms with van der Waals surface area (Å²) in [4.78, 5) is 164. The Kier molecular flexibility index (Phi) is 34.3. The van der Waals surface area contributed by atoms with Crippen molar-refractivity contribution in [3.63, 3.8) is 0 Å². The van der Waals surface area contributed by atoms with Crippen LogP contribution in [0.5, 0.6) is 0 Å². The van der Waals surface area contributed by atoms with Gasteiger partial charge in [-0.3, -0.25) is 52.4 Å². The molecule has 2 aliphatic carbocycles. The molecule has 4 amide bonds. The largest absolute Gasteiger partial charge is 0.490 e. The van der Waals surface area contributed by atoms with Crippen molar-refractivity contribution >= 4 is 104 Å². The third kappa shape index (κ3) is 27.6. The second kappa shape index (κ2) is 41.4. The molecule has 12 N–H and O–H groups in total. The Hall–Kier alpha value is -6.98. The molecule has 576 valence electrons. The number of rotatable bonds is 43. The van der Waals surface area contributed by atoms with Gasteiger partial charge in [0.25, 0.3) is 5.91 Å². The molecule has 0 bridgehead atoms. The molecule has 2 heterocycles. The smallest absolute Gasteiger partial charge is 0.481 e. The average Bonchev–Trinajstić information content (AvgIpc) is 1.10. The quantitative estimate of drug-likeness (QED) is 0.0112. The van der Waals surface area contributed by atoms with Crippen LogP contribution in [-0.2, 0) is 78.0 Å². The maximum atomic E-state index is 14.4. The van der Waals surface area contributed by atoms with Crippen LogP contribution in [0, 0.1) is 30.6 Å². The number of anilines is 1. The van der Waals surface area contributed by atoms with Crippen LogP contribution in [0.25, 0.3) is 0 Å². The number of nitrogen functional groups attached to an aromatic ring is 1. The summed E-state index contributed by atoms with van der Waals surface area (Å²) in [7, 11) is -12.5. The SMILES string of the molecule is CCCc1cc2c(cc1C)C(c1ccccc1C(=O)N(C)CCCC(=O)NCCCCCC(=O)NC(CCCSSCCC(=O)CCC#Cc1cn([C@H]3CC(O)[C@@H](COP(=O)(O)OP(=O)(O)OP(=O)(O)O)O3)c(=O)nc1N)C(=O)NC(CC(=O)O)C(=O)CC(CC)C(=O)O)C1C=C(C)C(=NCC)C=C1C2. The van der Waals surface area contributed by atoms with Crippen LogP contribution in [0.3, 0.4) is 0 Å². The Morgan fingerprint density at radius 3 is 2.29 bits per heavy atom. The van der Waals surface area contributed by atoms with Crippen LogP contribution in [0.2, 0.25) is 0 Å². The number of ether oxygens (including phenoxy) is 1. The number of aliphatic imine (C=N–C) groups is 1. The molecular formula is C69H95N8O23P3S2. The van der Waals surface area contributed by atoms with Gasteiger partial charge in [0.1, 0.15) is 30.0 Å². The number of hydrogen-bond donors (Lipinski definition) is 11. The molecule has 0 saturated carbocycles. The molecule has 0 spiro atoms. The summed E-state index contributed by atoms with van der Waals surface area (Å²) in [5, 5.41) is 37.8. The van der Waals surface area contributed by atoms with E-state index in [-0.39, 0.29) is 92.2 Å². The minimum absolute atomic E-state index is 0.0102. The highest BCUT2D eigenvalue weighted by molar-refractivity contribution is 8.76. The number of nitrogens with two attached hydrogens (primary N) is 1. The number of carbonyl (C=O) groups is 8. The van der Waals surface area contributed by atoms with E-state index in [4.69, 9.17) is 25.2 Å². The Bertz CT molecular complexity index is 4020. The number of carboxylic acids is 2. The molecule has 36 heteroatoms. The van der Waals surface area contributed by atoms with Gasteiger partial charge in [-0.05, 0) is 118 Å². The van der Waals surface area contributed by atoms with Crippen molar-refractivity contribution in [1.29, 1.82) is 0 Å². The van der Waals surface area contributed by atoms with Crippen molar-refractivity contribution in [1.82, 2.24) is 30.4 Å². The van der Waals surface area contributed by atoms with Crippen LogP contribution < -0.4 is 27.4 Å². The van der Waals surface area contributed by atoms with Crippen LogP contribution in [-0.4, -0.2) is 171 Å². The van der Waals surface area contributed by atoms with Crippen LogP contribution in [0.1, 0.15) is 186 Å². The fourth-order valence-electron chi connectivity index (χ4n) is 12.3. The second-order valence-corrected chi connectivity index (χ2v) is 32.9. The zero-order valence-corrected chi connectivity index (χ0v) is 63.8. The number of fused-ring (bicyclic) bond motifs is 2. The fourth-order valence-corrected chi connectivity index (χ4v) is 17.5. The number of amides is 4. The van der Waals surface area contributed by atoms with Gasteiger partial charge < -0.3 is 66.2 Å². The maximum absolute atomic E-state index is 14.4. The van der Waals surface area contributed by atoms with Gasteiger partial charge in [0, 0.05) is 107 Å². The standard InChI is InChI=1S/C69H95N8O23P3S2/c1-7-19-45-34-47-35-48-36-55(71-9-3)43(5)33-53(48)64(52(47)32-42(45)4)50-22-14-15-23-51(50)67(86)76(6)29-17-26-60(81)72-28-16-10-11-25-61(82)73-54(66(85)74-56(38-63(83)84)57(79)37-44(8-2)68(87)88)24-18-30-104-105-31-27-49(78)21-13-12-20-46-40-77(69(89)75-65(46)70)62-39-58(80)59(98-62)41-97-102(93,94)100-103(95,96)99-101(90,91)92/h14-15,22-23,32-34,36,40,44,53-54,56,58-59,62,64,80H,7-11,13,16-19,21,24-31,35,37-39,41H2,1-6H3,(H,72,81)(H,73,82)(H,74,85)(H,83,84)(H,87,88)(H,93,94)(H,95,96)(H2,70,75,89)(H2,90,91,92)/t44?,53?,54?,56?,58?,59-,62-,64?/m1/s1. The zero-order valence-electron chi connectivity index (χ0n) is 59.5. The third-order valence-electron chi connectivity index (χ3n) is 17.6. The number of aliphatic hydroxyl groups excluding tert-OH is 1. The molecule has 3 aromatic rings. The number of carboxylic acid groups (broad SMARTS) is 2. The minimum Gasteiger partial charge on any atom is -0.481 e. The molecule has 0 radical (unpaired) electrons. The van der Waals surface area contributed by atoms with Crippen LogP contribution >= 0.6 is 45.1 Å². The van der Waals surface area contributed by atoms with E-state index >= 15 is 0 Å². The molecule has 1 aliphatic heterocycles. The number of ketones is 2. The van der Waals surface area contributed by atoms with E-state index in [1.54, 1.807) is 18.9 Å². The lowest BCUT2D eigenvalue weighted by Gasteiger charge is -2.38. The van der Waals surface area contributed by atoms with Gasteiger partial charge in [0.2, 0.25) is 17.7 Å². The van der Waals surface area contributed by atoms with E-state index in [9.17, 15) is 82.0 Å². The summed E-state index contributed by atoms with van der Waals surface area (Å²) in [6.45, 7) is 10.4. The number of hydrogen-bond acceptors (Lipinski definition) is 22. The van der Waals surface area contributed by atoms with Crippen molar-refractivity contribution in [2.45, 2.75) is 187 Å². The summed E-state index contributed by atoms with van der Waals surface area (Å²) >= 11 is 0. The van der Waals surface area contributed by atoms with E-state index in [1.165, 1.54) is 55.6 Å². The summed E-state index contributed by atoms with van der Waals surface area (Å²) in [5.74, 6) is -0.399. The first-order chi connectivity index (χ1) is 49.6. The highest BCUT2D eigenvalue weighted by Gasteiger charge is 2.44. The lowest BCUT2D eigenvalue weighted by molar-refractivity contribution is -0.144. The first kappa shape index (κ1) is 86.9. The molecule has 2 aromatic carbocycles. The van der Waals surface area contributed by atoms with Crippen molar-refractivity contribution in [3.05, 3.63) is 115 Å². The van der Waals surface area contributed by atoms with Crippen molar-refractivity contribution in [3.8, 4) is 11.8 Å². The van der Waals surface area contributed by atoms with E-state index in [2.05, 4.69) is 97.0 Å². The Morgan fingerprint density at radius 1 is 0.867 bits per heavy atom. The number of aliphatic carboxylic acids is 2. The fraction of sp³-hybridized carbons (Fsp3) is 0.551. The van der Waals surface area contributed by atoms with E-state index in [1.807, 2.05) is 25.1 Å². The number of aryl methyl sites for hydroxylation is 2. The first-order valence-corrected chi connectivity index (χ1v) is 41.6. The van der Waals surface area contributed by atoms with E-state index < -0.39 is 115 Å². The molecule has 105 heavy (non-hydrogen) atoms. The molecular weight excluding hydrogens is 1470 g/mol. The lowest BCUT2D eigenvalue weighted by atomic mass is 9.65. The van der Waals surface area contributed by atoms with Gasteiger partial charge >= 0.3 is 41.1 Å². The number of allylic oxidation sites excluding steroid dienone is 4. The summed E-state index contributed by atoms with van der Waals surface area (Å²) in [6, 6.07) is 9.71. The first-order valence-electron chi connectivity index (χ1n) is 34.6. The maximum Gasteiger partial charge on any atom is 0.490 e. The number of benzene rings is 2. The average molecular weight is 1560 g/mol. The van der Waals surface area contributed by atoms with Gasteiger partial charge in [-0.1, -0.05) is 102 Å². The van der Waals surface area contributed by atoms with Crippen LogP contribution in [0.15, 0.2) is 75.7 Å². The number of carbonyl (C=O) groups excluding carboxylic acids is 6. The normalized spacial score (nSPS) is 19.3. The van der Waals surface area contributed by atoms with Crippen molar-refractivity contribution < 1.29 is 105 Å². The monoisotopic (exact) mass is 1560 g/mol. The lowest BCUT2D eigenvalue weighted by Crippen LogP contribution is -2.52. The Labute approximate surface area is 617 Å². The molecule has 1 fully saturated rings. The van der Waals surface area contributed by atoms with Crippen molar-refractivity contribution in [2.75, 3.05) is 50.5 Å². The Morgan fingerprint density at radius 2 is 1.59 bits per heavy atom. The molecule has 1 aromatic heterocycles. The van der Waals surface area contributed by atoms with E-state index in [0.29, 0.717) is 68.8 Å². The third-order valence-corrected chi connectivity index (χ3v) is 23.9. The molecule has 6 rings (SSSR count). The topological polar surface area (TPSA) is 479 Å². The number of phosphoric ester groups is 1. The summed E-state index contributed by atoms with van der Waals surface area (Å²) in [6.07, 6.45) is 5.44. The predicted octanol–water partition coefficient (Wildman–Crippen LogP) is 7.73. The number of nitrogens with one attached hydrogen (secondary N) is 3. The molecule has 8 unspecified atom stereocenters. The highest BCUT2D eigenvalue weighted by atomic mass is 33.1. The molecule has 1 saturated heterocycles. The van der Waals surface area contributed by atoms with Gasteiger partial charge in [-0.15, -0.1) is 0 Å². The number of aliphatic hydroxyl groups is 1. The summed E-state index contributed by atoms with van der Waals surface area (Å²) < 4.78 is 53.1. The highest BCUT2D eigenvalue weighted by Crippen LogP contribution is 2.66. The van der Waals surface area contributed by atoms with E-state index in [0.717, 1.165) is 40.7 Å². The molecule has 3 aliphatic rings. The predicted molar refractivity (Wildman–Crippen MR) is 392 cm³/mol. The Balaban J connectivity index is 0.940. The number of Topliss-reactive ketones (excluding diaryl/α,β-unsaturated/α-hetero) is 2. The zero-order chi connectivity index (χ0) is 77.3.